The zero-order chi connectivity index (χ0) is 16.8. The molecule has 0 spiro atoms. The third-order valence-electron chi connectivity index (χ3n) is 4.52. The maximum atomic E-state index is 13.0. The van der Waals surface area contributed by atoms with Crippen LogP contribution in [0.5, 0.6) is 0 Å². The van der Waals surface area contributed by atoms with Gasteiger partial charge in [-0.1, -0.05) is 18.2 Å². The number of thiazole rings is 1. The van der Waals surface area contributed by atoms with Crippen molar-refractivity contribution in [1.82, 2.24) is 19.9 Å². The largest absolute Gasteiger partial charge is 0.348 e. The Labute approximate surface area is 152 Å². The van der Waals surface area contributed by atoms with Crippen LogP contribution in [0.15, 0.2) is 48.2 Å². The summed E-state index contributed by atoms with van der Waals surface area (Å²) >= 11 is 3.11. The third-order valence-corrected chi connectivity index (χ3v) is 6.44. The first-order chi connectivity index (χ1) is 12.3. The minimum Gasteiger partial charge on any atom is -0.348 e. The number of carbonyl (C=O) groups is 1. The van der Waals surface area contributed by atoms with E-state index in [0.717, 1.165) is 22.7 Å². The molecule has 0 bridgehead atoms. The first-order valence-electron chi connectivity index (χ1n) is 8.02. The number of benzene rings is 1. The molecule has 1 aliphatic rings. The number of carbonyl (C=O) groups excluding carboxylic acids is 1. The number of aromatic amines is 1. The second-order valence-corrected chi connectivity index (χ2v) is 7.95. The van der Waals surface area contributed by atoms with Crippen molar-refractivity contribution in [3.05, 3.63) is 69.5 Å². The van der Waals surface area contributed by atoms with Crippen LogP contribution >= 0.6 is 22.7 Å². The van der Waals surface area contributed by atoms with Crippen molar-refractivity contribution in [2.45, 2.75) is 12.5 Å². The predicted octanol–water partition coefficient (Wildman–Crippen LogP) is 3.87. The van der Waals surface area contributed by atoms with E-state index >= 15 is 0 Å². The fourth-order valence-corrected chi connectivity index (χ4v) is 5.14. The zero-order valence-electron chi connectivity index (χ0n) is 13.2. The molecule has 0 unspecified atom stereocenters. The number of hydrogen-bond acceptors (Lipinski definition) is 5. The summed E-state index contributed by atoms with van der Waals surface area (Å²) in [6.07, 6.45) is 4.19. The standard InChI is InChI=1S/C18H14N4OS2/c23-18(17-19-6-8-24-17)22-7-5-12-15(21-10-20-12)16(22)14-9-11-3-1-2-4-13(11)25-14/h1-4,6,8-10,16H,5,7H2,(H,20,21)/t16-/m1/s1. The number of nitrogens with one attached hydrogen (secondary N) is 1. The third kappa shape index (κ3) is 2.39. The molecule has 0 fully saturated rings. The number of imidazole rings is 1. The average Bonchev–Trinajstić information content (AvgIpc) is 3.39. The Balaban J connectivity index is 1.64. The molecular formula is C18H14N4OS2. The highest BCUT2D eigenvalue weighted by Gasteiger charge is 2.36. The van der Waals surface area contributed by atoms with Gasteiger partial charge in [-0.15, -0.1) is 22.7 Å². The fourth-order valence-electron chi connectivity index (χ4n) is 3.37. The van der Waals surface area contributed by atoms with Gasteiger partial charge in [-0.2, -0.15) is 0 Å². The minimum absolute atomic E-state index is 0.0221. The Hall–Kier alpha value is -2.51. The second-order valence-electron chi connectivity index (χ2n) is 5.94. The molecule has 4 aromatic rings. The van der Waals surface area contributed by atoms with E-state index in [-0.39, 0.29) is 11.9 Å². The Kier molecular flexibility index (Phi) is 3.43. The van der Waals surface area contributed by atoms with Crippen LogP contribution in [0.4, 0.5) is 0 Å². The molecule has 5 rings (SSSR count). The lowest BCUT2D eigenvalue weighted by Gasteiger charge is -2.33. The Morgan fingerprint density at radius 2 is 2.20 bits per heavy atom. The molecule has 25 heavy (non-hydrogen) atoms. The molecule has 7 heteroatoms. The summed E-state index contributed by atoms with van der Waals surface area (Å²) in [6.45, 7) is 0.659. The van der Waals surface area contributed by atoms with Crippen LogP contribution in [-0.2, 0) is 6.42 Å². The molecule has 0 aliphatic carbocycles. The van der Waals surface area contributed by atoms with E-state index in [4.69, 9.17) is 0 Å². The molecule has 0 radical (unpaired) electrons. The first-order valence-corrected chi connectivity index (χ1v) is 9.72. The topological polar surface area (TPSA) is 61.9 Å². The smallest absolute Gasteiger partial charge is 0.283 e. The monoisotopic (exact) mass is 366 g/mol. The summed E-state index contributed by atoms with van der Waals surface area (Å²) in [5, 5.41) is 3.57. The van der Waals surface area contributed by atoms with E-state index in [2.05, 4.69) is 33.2 Å². The van der Waals surface area contributed by atoms with Crippen molar-refractivity contribution in [2.75, 3.05) is 6.54 Å². The zero-order valence-corrected chi connectivity index (χ0v) is 14.8. The van der Waals surface area contributed by atoms with Gasteiger partial charge >= 0.3 is 0 Å². The molecule has 1 aromatic carbocycles. The number of H-pyrrole nitrogens is 1. The maximum Gasteiger partial charge on any atom is 0.283 e. The van der Waals surface area contributed by atoms with Crippen molar-refractivity contribution in [3.8, 4) is 0 Å². The molecule has 124 valence electrons. The van der Waals surface area contributed by atoms with Gasteiger partial charge in [0, 0.05) is 39.8 Å². The van der Waals surface area contributed by atoms with Crippen LogP contribution in [0.3, 0.4) is 0 Å². The highest BCUT2D eigenvalue weighted by atomic mass is 32.1. The van der Waals surface area contributed by atoms with Crippen molar-refractivity contribution in [1.29, 1.82) is 0 Å². The summed E-state index contributed by atoms with van der Waals surface area (Å²) < 4.78 is 1.22. The minimum atomic E-state index is -0.163. The lowest BCUT2D eigenvalue weighted by Crippen LogP contribution is -2.40. The number of rotatable bonds is 2. The van der Waals surface area contributed by atoms with Gasteiger partial charge in [0.05, 0.1) is 12.0 Å². The number of nitrogens with zero attached hydrogens (tertiary/aromatic N) is 3. The molecule has 1 aliphatic heterocycles. The number of amides is 1. The SMILES string of the molecule is O=C(c1nccs1)N1CCc2[nH]cnc2[C@H]1c1cc2ccccc2s1. The van der Waals surface area contributed by atoms with Crippen molar-refractivity contribution >= 4 is 38.7 Å². The van der Waals surface area contributed by atoms with Crippen molar-refractivity contribution in [2.24, 2.45) is 0 Å². The fraction of sp³-hybridized carbons (Fsp3) is 0.167. The van der Waals surface area contributed by atoms with Crippen LogP contribution in [0.1, 0.15) is 32.1 Å². The van der Waals surface area contributed by atoms with Crippen LogP contribution < -0.4 is 0 Å². The van der Waals surface area contributed by atoms with Gasteiger partial charge in [0.15, 0.2) is 5.01 Å². The number of hydrogen-bond donors (Lipinski definition) is 1. The lowest BCUT2D eigenvalue weighted by atomic mass is 10.0. The van der Waals surface area contributed by atoms with E-state index in [1.807, 2.05) is 22.4 Å². The van der Waals surface area contributed by atoms with Gasteiger partial charge in [-0.25, -0.2) is 9.97 Å². The van der Waals surface area contributed by atoms with E-state index in [0.29, 0.717) is 11.6 Å². The number of thiophene rings is 1. The molecule has 4 heterocycles. The van der Waals surface area contributed by atoms with Crippen LogP contribution in [0.25, 0.3) is 10.1 Å². The predicted molar refractivity (Wildman–Crippen MR) is 99.1 cm³/mol. The summed E-state index contributed by atoms with van der Waals surface area (Å²) in [7, 11) is 0. The van der Waals surface area contributed by atoms with Gasteiger partial charge < -0.3 is 9.88 Å². The first kappa shape index (κ1) is 14.8. The highest BCUT2D eigenvalue weighted by molar-refractivity contribution is 7.19. The van der Waals surface area contributed by atoms with Gasteiger partial charge in [0.25, 0.3) is 5.91 Å². The van der Waals surface area contributed by atoms with Crippen LogP contribution in [0, 0.1) is 0 Å². The normalized spacial score (nSPS) is 17.0. The van der Waals surface area contributed by atoms with E-state index in [1.165, 1.54) is 21.4 Å². The van der Waals surface area contributed by atoms with Gasteiger partial charge in [-0.3, -0.25) is 4.79 Å². The lowest BCUT2D eigenvalue weighted by molar-refractivity contribution is 0.0693. The molecule has 1 amide bonds. The summed E-state index contributed by atoms with van der Waals surface area (Å²) in [5.74, 6) is -0.0221. The molecular weight excluding hydrogens is 352 g/mol. The summed E-state index contributed by atoms with van der Waals surface area (Å²) in [5.41, 5.74) is 2.06. The molecule has 1 atom stereocenters. The van der Waals surface area contributed by atoms with Crippen LogP contribution in [-0.4, -0.2) is 32.3 Å². The van der Waals surface area contributed by atoms with Gasteiger partial charge in [0.1, 0.15) is 6.04 Å². The second kappa shape index (κ2) is 5.79. The quantitative estimate of drug-likeness (QED) is 0.586. The highest BCUT2D eigenvalue weighted by Crippen LogP contribution is 2.40. The molecule has 5 nitrogen and oxygen atoms in total. The average molecular weight is 366 g/mol. The molecule has 0 saturated heterocycles. The van der Waals surface area contributed by atoms with E-state index in [1.54, 1.807) is 23.9 Å². The number of aromatic nitrogens is 3. The van der Waals surface area contributed by atoms with Gasteiger partial charge in [0.2, 0.25) is 0 Å². The van der Waals surface area contributed by atoms with Crippen molar-refractivity contribution in [3.63, 3.8) is 0 Å². The van der Waals surface area contributed by atoms with Crippen LogP contribution in [0.2, 0.25) is 0 Å². The summed E-state index contributed by atoms with van der Waals surface area (Å²) in [4.78, 5) is 28.1. The van der Waals surface area contributed by atoms with Crippen molar-refractivity contribution < 1.29 is 4.79 Å². The Morgan fingerprint density at radius 3 is 3.04 bits per heavy atom. The molecule has 3 aromatic heterocycles. The maximum absolute atomic E-state index is 13.0. The Morgan fingerprint density at radius 1 is 1.28 bits per heavy atom. The molecule has 0 saturated carbocycles. The van der Waals surface area contributed by atoms with E-state index < -0.39 is 0 Å². The number of fused-ring (bicyclic) bond motifs is 2. The Bertz CT molecular complexity index is 1020. The summed E-state index contributed by atoms with van der Waals surface area (Å²) in [6, 6.07) is 10.3. The molecule has 1 N–H and O–H groups in total. The van der Waals surface area contributed by atoms with E-state index in [9.17, 15) is 4.79 Å². The van der Waals surface area contributed by atoms with Gasteiger partial charge in [-0.05, 0) is 17.5 Å².